The average molecular weight is 414 g/mol. The van der Waals surface area contributed by atoms with Crippen LogP contribution in [0.25, 0.3) is 11.3 Å². The number of aromatic nitrogens is 2. The number of halogens is 3. The van der Waals surface area contributed by atoms with Gasteiger partial charge >= 0.3 is 6.18 Å². The summed E-state index contributed by atoms with van der Waals surface area (Å²) >= 11 is 0. The molecule has 0 unspecified atom stereocenters. The van der Waals surface area contributed by atoms with E-state index in [1.165, 1.54) is 12.3 Å². The third-order valence-corrected chi connectivity index (χ3v) is 4.76. The summed E-state index contributed by atoms with van der Waals surface area (Å²) in [5.74, 6) is 0.511. The summed E-state index contributed by atoms with van der Waals surface area (Å²) in [5, 5.41) is 5.60. The Hall–Kier alpha value is -3.62. The number of alkyl halides is 3. The molecule has 30 heavy (non-hydrogen) atoms. The van der Waals surface area contributed by atoms with Crippen LogP contribution >= 0.6 is 0 Å². The highest BCUT2D eigenvalue weighted by Crippen LogP contribution is 2.38. The standard InChI is InChI=1S/C21H17F3N4O2/c1-11-3-5-14(9-17(11)30-2)26-20-25-10-12-7-18(29)27-16-8-13(21(22,23)24)4-6-15(16)19(12)28-20/h3-6,8-10H,7H2,1-2H3,(H,27,29)(H,25,26,28). The van der Waals surface area contributed by atoms with Gasteiger partial charge in [0.15, 0.2) is 0 Å². The quantitative estimate of drug-likeness (QED) is 0.649. The summed E-state index contributed by atoms with van der Waals surface area (Å²) in [4.78, 5) is 20.9. The highest BCUT2D eigenvalue weighted by molar-refractivity contribution is 6.00. The molecular weight excluding hydrogens is 397 g/mol. The highest BCUT2D eigenvalue weighted by Gasteiger charge is 2.32. The summed E-state index contributed by atoms with van der Waals surface area (Å²) in [6, 6.07) is 8.71. The second-order valence-corrected chi connectivity index (χ2v) is 6.86. The number of amides is 1. The second-order valence-electron chi connectivity index (χ2n) is 6.86. The van der Waals surface area contributed by atoms with Crippen LogP contribution in [0.2, 0.25) is 0 Å². The fourth-order valence-corrected chi connectivity index (χ4v) is 3.25. The first-order valence-corrected chi connectivity index (χ1v) is 9.03. The Morgan fingerprint density at radius 1 is 1.17 bits per heavy atom. The molecule has 2 N–H and O–H groups in total. The largest absolute Gasteiger partial charge is 0.496 e. The lowest BCUT2D eigenvalue weighted by Crippen LogP contribution is -2.13. The van der Waals surface area contributed by atoms with Gasteiger partial charge in [-0.2, -0.15) is 13.2 Å². The zero-order chi connectivity index (χ0) is 21.5. The van der Waals surface area contributed by atoms with Crippen molar-refractivity contribution in [3.63, 3.8) is 0 Å². The maximum atomic E-state index is 13.1. The lowest BCUT2D eigenvalue weighted by molar-refractivity contribution is -0.137. The second kappa shape index (κ2) is 7.33. The smallest absolute Gasteiger partial charge is 0.416 e. The molecule has 2 aromatic carbocycles. The van der Waals surface area contributed by atoms with Crippen LogP contribution in [0.3, 0.4) is 0 Å². The molecule has 0 radical (unpaired) electrons. The predicted octanol–water partition coefficient (Wildman–Crippen LogP) is 4.72. The molecule has 0 fully saturated rings. The first kappa shape index (κ1) is 19.7. The molecule has 3 aromatic rings. The van der Waals surface area contributed by atoms with Crippen molar-refractivity contribution in [1.29, 1.82) is 0 Å². The maximum Gasteiger partial charge on any atom is 0.416 e. The molecule has 0 aliphatic carbocycles. The molecule has 1 amide bonds. The van der Waals surface area contributed by atoms with Gasteiger partial charge in [0.05, 0.1) is 30.5 Å². The van der Waals surface area contributed by atoms with Crippen molar-refractivity contribution in [2.24, 2.45) is 0 Å². The first-order valence-electron chi connectivity index (χ1n) is 9.03. The maximum absolute atomic E-state index is 13.1. The van der Waals surface area contributed by atoms with Crippen molar-refractivity contribution in [1.82, 2.24) is 9.97 Å². The molecule has 6 nitrogen and oxygen atoms in total. The van der Waals surface area contributed by atoms with Crippen molar-refractivity contribution in [3.05, 3.63) is 59.3 Å². The molecule has 0 saturated heterocycles. The lowest BCUT2D eigenvalue weighted by Gasteiger charge is -2.13. The van der Waals surface area contributed by atoms with Gasteiger partial charge in [0.25, 0.3) is 0 Å². The van der Waals surface area contributed by atoms with Gasteiger partial charge in [-0.1, -0.05) is 12.1 Å². The molecule has 154 valence electrons. The minimum absolute atomic E-state index is 0.0377. The number of rotatable bonds is 3. The van der Waals surface area contributed by atoms with E-state index >= 15 is 0 Å². The van der Waals surface area contributed by atoms with Gasteiger partial charge in [-0.05, 0) is 30.7 Å². The summed E-state index contributed by atoms with van der Waals surface area (Å²) < 4.78 is 44.6. The zero-order valence-electron chi connectivity index (χ0n) is 16.1. The number of ether oxygens (including phenoxy) is 1. The fourth-order valence-electron chi connectivity index (χ4n) is 3.25. The van der Waals surface area contributed by atoms with E-state index in [4.69, 9.17) is 4.74 Å². The van der Waals surface area contributed by atoms with Crippen LogP contribution in [0.1, 0.15) is 16.7 Å². The van der Waals surface area contributed by atoms with Gasteiger partial charge in [0.1, 0.15) is 5.75 Å². The number of anilines is 3. The van der Waals surface area contributed by atoms with E-state index in [1.807, 2.05) is 19.1 Å². The Labute approximate surface area is 170 Å². The number of methoxy groups -OCH3 is 1. The van der Waals surface area contributed by atoms with Crippen LogP contribution in [-0.2, 0) is 17.4 Å². The van der Waals surface area contributed by atoms with Crippen LogP contribution in [0, 0.1) is 6.92 Å². The van der Waals surface area contributed by atoms with Gasteiger partial charge in [-0.25, -0.2) is 9.97 Å². The minimum Gasteiger partial charge on any atom is -0.496 e. The minimum atomic E-state index is -4.52. The number of hydrogen-bond donors (Lipinski definition) is 2. The summed E-state index contributed by atoms with van der Waals surface area (Å²) in [6.07, 6.45) is -3.05. The first-order chi connectivity index (χ1) is 14.2. The van der Waals surface area contributed by atoms with Crippen LogP contribution in [0.15, 0.2) is 42.6 Å². The summed E-state index contributed by atoms with van der Waals surface area (Å²) in [6.45, 7) is 1.91. The average Bonchev–Trinajstić information content (AvgIpc) is 2.83. The van der Waals surface area contributed by atoms with Crippen molar-refractivity contribution in [3.8, 4) is 17.0 Å². The Morgan fingerprint density at radius 3 is 2.70 bits per heavy atom. The number of nitrogens with one attached hydrogen (secondary N) is 2. The van der Waals surface area contributed by atoms with E-state index in [0.717, 1.165) is 17.7 Å². The molecule has 0 bridgehead atoms. The normalized spacial score (nSPS) is 13.0. The van der Waals surface area contributed by atoms with E-state index in [1.54, 1.807) is 13.2 Å². The molecule has 1 aromatic heterocycles. The number of carbonyl (C=O) groups is 1. The number of nitrogens with zero attached hydrogens (tertiary/aromatic N) is 2. The zero-order valence-corrected chi connectivity index (χ0v) is 16.1. The van der Waals surface area contributed by atoms with Gasteiger partial charge in [-0.15, -0.1) is 0 Å². The van der Waals surface area contributed by atoms with E-state index in [0.29, 0.717) is 28.3 Å². The van der Waals surface area contributed by atoms with Gasteiger partial charge in [0, 0.05) is 29.1 Å². The molecule has 0 spiro atoms. The third kappa shape index (κ3) is 3.78. The van der Waals surface area contributed by atoms with Crippen LogP contribution in [-0.4, -0.2) is 23.0 Å². The van der Waals surface area contributed by atoms with E-state index < -0.39 is 17.6 Å². The number of carbonyl (C=O) groups excluding carboxylic acids is 1. The van der Waals surface area contributed by atoms with Gasteiger partial charge in [0.2, 0.25) is 11.9 Å². The monoisotopic (exact) mass is 414 g/mol. The van der Waals surface area contributed by atoms with Crippen molar-refractivity contribution < 1.29 is 22.7 Å². The van der Waals surface area contributed by atoms with Crippen LogP contribution in [0.4, 0.5) is 30.5 Å². The Balaban J connectivity index is 1.76. The molecule has 1 aliphatic rings. The number of aryl methyl sites for hydroxylation is 1. The number of fused-ring (bicyclic) bond motifs is 3. The molecule has 2 heterocycles. The summed E-state index contributed by atoms with van der Waals surface area (Å²) in [7, 11) is 1.57. The SMILES string of the molecule is COc1cc(Nc2ncc3c(n2)-c2ccc(C(F)(F)F)cc2NC(=O)C3)ccc1C. The Kier molecular flexibility index (Phi) is 4.81. The van der Waals surface area contributed by atoms with Crippen molar-refractivity contribution in [2.45, 2.75) is 19.5 Å². The molecule has 0 atom stereocenters. The Morgan fingerprint density at radius 2 is 1.97 bits per heavy atom. The number of benzene rings is 2. The molecule has 0 saturated carbocycles. The van der Waals surface area contributed by atoms with Crippen molar-refractivity contribution in [2.75, 3.05) is 17.7 Å². The topological polar surface area (TPSA) is 76.1 Å². The van der Waals surface area contributed by atoms with E-state index in [-0.39, 0.29) is 18.1 Å². The lowest BCUT2D eigenvalue weighted by atomic mass is 10.0. The highest BCUT2D eigenvalue weighted by atomic mass is 19.4. The number of hydrogen-bond acceptors (Lipinski definition) is 5. The van der Waals surface area contributed by atoms with Crippen molar-refractivity contribution >= 4 is 23.2 Å². The van der Waals surface area contributed by atoms with Gasteiger partial charge < -0.3 is 15.4 Å². The van der Waals surface area contributed by atoms with E-state index in [2.05, 4.69) is 20.6 Å². The predicted molar refractivity (Wildman–Crippen MR) is 106 cm³/mol. The van der Waals surface area contributed by atoms with Crippen LogP contribution in [0.5, 0.6) is 5.75 Å². The van der Waals surface area contributed by atoms with E-state index in [9.17, 15) is 18.0 Å². The van der Waals surface area contributed by atoms with Crippen LogP contribution < -0.4 is 15.4 Å². The molecule has 9 heteroatoms. The molecule has 4 rings (SSSR count). The third-order valence-electron chi connectivity index (χ3n) is 4.76. The van der Waals surface area contributed by atoms with Gasteiger partial charge in [-0.3, -0.25) is 4.79 Å². The summed E-state index contributed by atoms with van der Waals surface area (Å²) in [5.41, 5.74) is 2.19. The fraction of sp³-hybridized carbons (Fsp3) is 0.190. The molecular formula is C21H17F3N4O2. The molecule has 1 aliphatic heterocycles. The Bertz CT molecular complexity index is 1150.